The topological polar surface area (TPSA) is 95.5 Å². The molecule has 3 atom stereocenters. The van der Waals surface area contributed by atoms with Crippen LogP contribution in [0.25, 0.3) is 0 Å². The number of thiophene rings is 1. The number of rotatable bonds is 3. The minimum absolute atomic E-state index is 0.243. The molecule has 0 saturated heterocycles. The lowest BCUT2D eigenvalue weighted by Gasteiger charge is -2.34. The molecule has 0 saturated carbocycles. The quantitative estimate of drug-likeness (QED) is 0.532. The lowest BCUT2D eigenvalue weighted by molar-refractivity contribution is -0.147. The van der Waals surface area contributed by atoms with Gasteiger partial charge in [-0.15, -0.1) is 11.3 Å². The number of nitrogens with one attached hydrogen (secondary N) is 2. The fourth-order valence-electron chi connectivity index (χ4n) is 4.10. The Bertz CT molecular complexity index is 806. The van der Waals surface area contributed by atoms with E-state index in [1.165, 1.54) is 4.88 Å². The average Bonchev–Trinajstić information content (AvgIpc) is 3.08. The first-order valence-corrected chi connectivity index (χ1v) is 10.6. The van der Waals surface area contributed by atoms with Crippen molar-refractivity contribution in [2.24, 2.45) is 23.2 Å². The molecular formula is C21H28N2O4S. The van der Waals surface area contributed by atoms with Crippen molar-refractivity contribution < 1.29 is 19.5 Å². The summed E-state index contributed by atoms with van der Waals surface area (Å²) in [5.74, 6) is -2.62. The van der Waals surface area contributed by atoms with Gasteiger partial charge in [-0.2, -0.15) is 0 Å². The van der Waals surface area contributed by atoms with E-state index in [4.69, 9.17) is 0 Å². The van der Waals surface area contributed by atoms with Crippen LogP contribution in [-0.2, 0) is 22.4 Å². The summed E-state index contributed by atoms with van der Waals surface area (Å²) in [5.41, 5.74) is 6.86. The Balaban J connectivity index is 1.62. The molecule has 0 aromatic carbocycles. The van der Waals surface area contributed by atoms with Crippen molar-refractivity contribution in [3.05, 3.63) is 33.5 Å². The SMILES string of the molecule is CC(C)(C)[C@@H]1CCc2c(C(=O)NNC(=O)[C@@H]3CC=CC[C@@H]3C(=O)O)csc2C1. The second kappa shape index (κ2) is 8.07. The van der Waals surface area contributed by atoms with E-state index in [0.717, 1.165) is 24.8 Å². The summed E-state index contributed by atoms with van der Waals surface area (Å²) < 4.78 is 0. The Morgan fingerprint density at radius 3 is 2.43 bits per heavy atom. The third kappa shape index (κ3) is 4.29. The monoisotopic (exact) mass is 404 g/mol. The number of aliphatic carboxylic acids is 1. The summed E-state index contributed by atoms with van der Waals surface area (Å²) in [6.07, 6.45) is 7.18. The Morgan fingerprint density at radius 1 is 1.11 bits per heavy atom. The highest BCUT2D eigenvalue weighted by molar-refractivity contribution is 7.10. The van der Waals surface area contributed by atoms with Crippen LogP contribution in [0.1, 0.15) is 60.8 Å². The van der Waals surface area contributed by atoms with Crippen molar-refractivity contribution >= 4 is 29.1 Å². The predicted molar refractivity (Wildman–Crippen MR) is 108 cm³/mol. The van der Waals surface area contributed by atoms with E-state index in [-0.39, 0.29) is 11.3 Å². The predicted octanol–water partition coefficient (Wildman–Crippen LogP) is 3.33. The standard InChI is InChI=1S/C21H28N2O4S/c1-21(2,3)12-8-9-13-16(11-28-17(13)10-12)19(25)23-22-18(24)14-6-4-5-7-15(14)20(26)27/h4-5,11-12,14-15H,6-10H2,1-3H3,(H,22,24)(H,23,25)(H,26,27)/t12-,14-,15+/m1/s1. The molecule has 152 valence electrons. The van der Waals surface area contributed by atoms with E-state index in [1.807, 2.05) is 11.5 Å². The van der Waals surface area contributed by atoms with Gasteiger partial charge in [0.2, 0.25) is 5.91 Å². The smallest absolute Gasteiger partial charge is 0.307 e. The maximum Gasteiger partial charge on any atom is 0.307 e. The highest BCUT2D eigenvalue weighted by Crippen LogP contribution is 2.40. The molecule has 2 amide bonds. The Kier molecular flexibility index (Phi) is 5.93. The van der Waals surface area contributed by atoms with Gasteiger partial charge in [0.25, 0.3) is 5.91 Å². The Hall–Kier alpha value is -2.15. The second-order valence-corrected chi connectivity index (χ2v) is 9.76. The van der Waals surface area contributed by atoms with Crippen LogP contribution in [0.2, 0.25) is 0 Å². The van der Waals surface area contributed by atoms with Gasteiger partial charge < -0.3 is 5.11 Å². The maximum absolute atomic E-state index is 12.6. The lowest BCUT2D eigenvalue weighted by atomic mass is 9.72. The molecule has 1 aromatic rings. The zero-order valence-electron chi connectivity index (χ0n) is 16.6. The van der Waals surface area contributed by atoms with Crippen LogP contribution in [0.5, 0.6) is 0 Å². The molecule has 6 nitrogen and oxygen atoms in total. The van der Waals surface area contributed by atoms with E-state index in [0.29, 0.717) is 24.3 Å². The summed E-state index contributed by atoms with van der Waals surface area (Å²) in [6, 6.07) is 0. The fraction of sp³-hybridized carbons (Fsp3) is 0.571. The first-order chi connectivity index (χ1) is 13.2. The molecule has 3 N–H and O–H groups in total. The molecule has 0 unspecified atom stereocenters. The number of amides is 2. The van der Waals surface area contributed by atoms with Gasteiger partial charge in [0.05, 0.1) is 17.4 Å². The van der Waals surface area contributed by atoms with Gasteiger partial charge >= 0.3 is 5.97 Å². The summed E-state index contributed by atoms with van der Waals surface area (Å²) in [6.45, 7) is 6.76. The van der Waals surface area contributed by atoms with Crippen LogP contribution in [-0.4, -0.2) is 22.9 Å². The molecule has 0 radical (unpaired) electrons. The van der Waals surface area contributed by atoms with Crippen molar-refractivity contribution in [3.63, 3.8) is 0 Å². The van der Waals surface area contributed by atoms with Gasteiger partial charge in [-0.25, -0.2) is 0 Å². The number of carboxylic acids is 1. The molecule has 0 bridgehead atoms. The van der Waals surface area contributed by atoms with E-state index < -0.39 is 23.7 Å². The third-order valence-corrected chi connectivity index (χ3v) is 7.06. The fourth-order valence-corrected chi connectivity index (χ4v) is 5.26. The summed E-state index contributed by atoms with van der Waals surface area (Å²) in [5, 5.41) is 11.2. The molecule has 3 rings (SSSR count). The van der Waals surface area contributed by atoms with E-state index in [1.54, 1.807) is 17.4 Å². The first-order valence-electron chi connectivity index (χ1n) is 9.75. The number of hydrazine groups is 1. The van der Waals surface area contributed by atoms with Crippen LogP contribution in [0.15, 0.2) is 17.5 Å². The highest BCUT2D eigenvalue weighted by atomic mass is 32.1. The van der Waals surface area contributed by atoms with Gasteiger partial charge in [-0.3, -0.25) is 25.2 Å². The largest absolute Gasteiger partial charge is 0.481 e. The van der Waals surface area contributed by atoms with Crippen molar-refractivity contribution in [1.82, 2.24) is 10.9 Å². The molecule has 0 spiro atoms. The first kappa shape index (κ1) is 20.6. The van der Waals surface area contributed by atoms with Gasteiger partial charge in [-0.1, -0.05) is 32.9 Å². The normalized spacial score (nSPS) is 24.3. The molecule has 2 aliphatic carbocycles. The van der Waals surface area contributed by atoms with E-state index >= 15 is 0 Å². The van der Waals surface area contributed by atoms with Crippen LogP contribution in [0, 0.1) is 23.2 Å². The lowest BCUT2D eigenvalue weighted by Crippen LogP contribution is -2.47. The maximum atomic E-state index is 12.6. The van der Waals surface area contributed by atoms with Gasteiger partial charge in [0.15, 0.2) is 0 Å². The molecule has 2 aliphatic rings. The van der Waals surface area contributed by atoms with E-state index in [2.05, 4.69) is 31.6 Å². The second-order valence-electron chi connectivity index (χ2n) is 8.79. The van der Waals surface area contributed by atoms with Gasteiger partial charge in [0, 0.05) is 10.3 Å². The number of hydrogen-bond acceptors (Lipinski definition) is 4. The number of allylic oxidation sites excluding steroid dienone is 2. The molecule has 1 heterocycles. The number of hydrogen-bond donors (Lipinski definition) is 3. The third-order valence-electron chi connectivity index (χ3n) is 6.01. The van der Waals surface area contributed by atoms with Crippen molar-refractivity contribution in [1.29, 1.82) is 0 Å². The number of carboxylic acid groups (broad SMARTS) is 1. The molecule has 7 heteroatoms. The summed E-state index contributed by atoms with van der Waals surface area (Å²) in [4.78, 5) is 37.6. The summed E-state index contributed by atoms with van der Waals surface area (Å²) >= 11 is 1.61. The zero-order valence-corrected chi connectivity index (χ0v) is 17.4. The number of fused-ring (bicyclic) bond motifs is 1. The molecule has 1 aromatic heterocycles. The van der Waals surface area contributed by atoms with Gasteiger partial charge in [0.1, 0.15) is 0 Å². The molecule has 0 fully saturated rings. The average molecular weight is 405 g/mol. The highest BCUT2D eigenvalue weighted by Gasteiger charge is 2.35. The van der Waals surface area contributed by atoms with E-state index in [9.17, 15) is 19.5 Å². The minimum atomic E-state index is -0.990. The summed E-state index contributed by atoms with van der Waals surface area (Å²) in [7, 11) is 0. The minimum Gasteiger partial charge on any atom is -0.481 e. The molecule has 0 aliphatic heterocycles. The number of carbonyl (C=O) groups excluding carboxylic acids is 2. The van der Waals surface area contributed by atoms with Crippen LogP contribution in [0.4, 0.5) is 0 Å². The van der Waals surface area contributed by atoms with Gasteiger partial charge in [-0.05, 0) is 49.0 Å². The van der Waals surface area contributed by atoms with Crippen LogP contribution >= 0.6 is 11.3 Å². The van der Waals surface area contributed by atoms with Crippen molar-refractivity contribution in [3.8, 4) is 0 Å². The van der Waals surface area contributed by atoms with Crippen molar-refractivity contribution in [2.75, 3.05) is 0 Å². The molecular weight excluding hydrogens is 376 g/mol. The number of carbonyl (C=O) groups is 3. The van der Waals surface area contributed by atoms with Crippen LogP contribution in [0.3, 0.4) is 0 Å². The molecule has 28 heavy (non-hydrogen) atoms. The zero-order chi connectivity index (χ0) is 20.5. The van der Waals surface area contributed by atoms with Crippen LogP contribution < -0.4 is 10.9 Å². The Morgan fingerprint density at radius 2 is 1.79 bits per heavy atom. The van der Waals surface area contributed by atoms with Crippen molar-refractivity contribution in [2.45, 2.75) is 52.9 Å². The Labute approximate surface area is 169 Å².